The number of methoxy groups -OCH3 is 1. The number of aromatic nitrogens is 3. The van der Waals surface area contributed by atoms with Crippen LogP contribution in [0.5, 0.6) is 11.5 Å². The molecule has 0 saturated carbocycles. The van der Waals surface area contributed by atoms with Crippen LogP contribution < -0.4 is 20.2 Å². The topological polar surface area (TPSA) is 93.2 Å². The molecule has 0 unspecified atom stereocenters. The van der Waals surface area contributed by atoms with E-state index in [0.717, 1.165) is 16.8 Å². The highest BCUT2D eigenvalue weighted by atomic mass is 32.1. The number of anilines is 1. The van der Waals surface area contributed by atoms with Crippen LogP contribution in [0.25, 0.3) is 0 Å². The maximum atomic E-state index is 12.3. The monoisotopic (exact) mass is 413 g/mol. The fourth-order valence-electron chi connectivity index (χ4n) is 2.72. The standard InChI is InChI=1S/C20H23N5O3S/c1-13-7-9-16(10-8-13)22-18(26)12-28-19-15(5-4-6-17(19)27-3)11-21-25-14(2)23-24-20(25)29/h4-10,21H,11-12H2,1-3H3,(H,22,26)(H,24,29). The second-order valence-electron chi connectivity index (χ2n) is 6.40. The molecular formula is C20H23N5O3S. The fraction of sp³-hybridized carbons (Fsp3) is 0.250. The van der Waals surface area contributed by atoms with Gasteiger partial charge in [0, 0.05) is 11.3 Å². The van der Waals surface area contributed by atoms with Gasteiger partial charge in [-0.15, -0.1) is 0 Å². The van der Waals surface area contributed by atoms with Gasteiger partial charge in [0.15, 0.2) is 18.1 Å². The average Bonchev–Trinajstić information content (AvgIpc) is 3.04. The Labute approximate surface area is 173 Å². The van der Waals surface area contributed by atoms with Crippen LogP contribution in [-0.2, 0) is 11.3 Å². The minimum Gasteiger partial charge on any atom is -0.493 e. The summed E-state index contributed by atoms with van der Waals surface area (Å²) in [5, 5.41) is 9.60. The molecule has 0 spiro atoms. The Balaban J connectivity index is 1.69. The van der Waals surface area contributed by atoms with Gasteiger partial charge in [-0.2, -0.15) is 5.10 Å². The lowest BCUT2D eigenvalue weighted by molar-refractivity contribution is -0.118. The number of ether oxygens (including phenoxy) is 2. The molecule has 0 aliphatic carbocycles. The van der Waals surface area contributed by atoms with Crippen molar-refractivity contribution in [3.8, 4) is 11.5 Å². The molecule has 0 aliphatic rings. The highest BCUT2D eigenvalue weighted by Gasteiger charge is 2.13. The number of aryl methyl sites for hydroxylation is 2. The molecule has 0 saturated heterocycles. The fourth-order valence-corrected chi connectivity index (χ4v) is 2.97. The predicted octanol–water partition coefficient (Wildman–Crippen LogP) is 3.33. The summed E-state index contributed by atoms with van der Waals surface area (Å²) in [5.74, 6) is 1.48. The first kappa shape index (κ1) is 20.4. The Morgan fingerprint density at radius 1 is 1.21 bits per heavy atom. The van der Waals surface area contributed by atoms with Crippen LogP contribution in [0.2, 0.25) is 0 Å². The van der Waals surface area contributed by atoms with E-state index in [1.807, 2.05) is 50.2 Å². The van der Waals surface area contributed by atoms with E-state index in [9.17, 15) is 4.79 Å². The molecule has 29 heavy (non-hydrogen) atoms. The van der Waals surface area contributed by atoms with Crippen LogP contribution in [0.15, 0.2) is 42.5 Å². The molecule has 0 bridgehead atoms. The number of hydrogen-bond acceptors (Lipinski definition) is 6. The van der Waals surface area contributed by atoms with Crippen LogP contribution >= 0.6 is 12.2 Å². The molecule has 0 atom stereocenters. The van der Waals surface area contributed by atoms with Gasteiger partial charge in [-0.1, -0.05) is 29.8 Å². The third kappa shape index (κ3) is 5.14. The third-order valence-corrected chi connectivity index (χ3v) is 4.50. The Bertz CT molecular complexity index is 1040. The van der Waals surface area contributed by atoms with E-state index in [-0.39, 0.29) is 12.5 Å². The minimum atomic E-state index is -0.258. The molecule has 3 aromatic rings. The summed E-state index contributed by atoms with van der Waals surface area (Å²) in [5.41, 5.74) is 5.84. The number of H-pyrrole nitrogens is 1. The summed E-state index contributed by atoms with van der Waals surface area (Å²) in [7, 11) is 1.56. The van der Waals surface area contributed by atoms with E-state index < -0.39 is 0 Å². The number of aromatic amines is 1. The molecule has 1 amide bonds. The van der Waals surface area contributed by atoms with Gasteiger partial charge in [-0.25, -0.2) is 4.68 Å². The van der Waals surface area contributed by atoms with Crippen molar-refractivity contribution in [1.82, 2.24) is 14.9 Å². The van der Waals surface area contributed by atoms with Gasteiger partial charge in [-0.3, -0.25) is 9.89 Å². The molecular weight excluding hydrogens is 390 g/mol. The van der Waals surface area contributed by atoms with Crippen molar-refractivity contribution in [2.24, 2.45) is 0 Å². The summed E-state index contributed by atoms with van der Waals surface area (Å²) in [6.07, 6.45) is 0. The summed E-state index contributed by atoms with van der Waals surface area (Å²) in [4.78, 5) is 12.3. The van der Waals surface area contributed by atoms with Crippen molar-refractivity contribution < 1.29 is 14.3 Å². The highest BCUT2D eigenvalue weighted by Crippen LogP contribution is 2.31. The molecule has 2 aromatic carbocycles. The van der Waals surface area contributed by atoms with Crippen molar-refractivity contribution >= 4 is 23.8 Å². The Kier molecular flexibility index (Phi) is 6.50. The van der Waals surface area contributed by atoms with Crippen LogP contribution in [0.4, 0.5) is 5.69 Å². The van der Waals surface area contributed by atoms with Gasteiger partial charge >= 0.3 is 0 Å². The third-order valence-electron chi connectivity index (χ3n) is 4.23. The zero-order chi connectivity index (χ0) is 20.8. The summed E-state index contributed by atoms with van der Waals surface area (Å²) in [6.45, 7) is 4.08. The first-order chi connectivity index (χ1) is 14.0. The normalized spacial score (nSPS) is 10.4. The molecule has 9 heteroatoms. The summed E-state index contributed by atoms with van der Waals surface area (Å²) in [6, 6.07) is 13.1. The van der Waals surface area contributed by atoms with Crippen molar-refractivity contribution in [2.45, 2.75) is 20.4 Å². The van der Waals surface area contributed by atoms with Crippen LogP contribution in [0, 0.1) is 18.6 Å². The lowest BCUT2D eigenvalue weighted by atomic mass is 10.2. The first-order valence-corrected chi connectivity index (χ1v) is 9.42. The minimum absolute atomic E-state index is 0.147. The van der Waals surface area contributed by atoms with E-state index in [0.29, 0.717) is 28.6 Å². The van der Waals surface area contributed by atoms with Crippen LogP contribution in [0.3, 0.4) is 0 Å². The molecule has 0 radical (unpaired) electrons. The summed E-state index contributed by atoms with van der Waals surface area (Å²) < 4.78 is 13.3. The second-order valence-corrected chi connectivity index (χ2v) is 6.78. The molecule has 3 rings (SSSR count). The Hall–Kier alpha value is -3.33. The number of carbonyl (C=O) groups excluding carboxylic acids is 1. The van der Waals surface area contributed by atoms with Crippen LogP contribution in [0.1, 0.15) is 17.0 Å². The number of rotatable bonds is 8. The lowest BCUT2D eigenvalue weighted by Gasteiger charge is -2.16. The van der Waals surface area contributed by atoms with Crippen molar-refractivity contribution in [2.75, 3.05) is 24.5 Å². The Morgan fingerprint density at radius 3 is 2.62 bits per heavy atom. The quantitative estimate of drug-likeness (QED) is 0.491. The van der Waals surface area contributed by atoms with Gasteiger partial charge < -0.3 is 20.2 Å². The summed E-state index contributed by atoms with van der Waals surface area (Å²) >= 11 is 5.20. The molecule has 152 valence electrons. The van der Waals surface area contributed by atoms with Crippen LogP contribution in [-0.4, -0.2) is 34.5 Å². The van der Waals surface area contributed by atoms with Gasteiger partial charge in [0.25, 0.3) is 5.91 Å². The van der Waals surface area contributed by atoms with Crippen molar-refractivity contribution in [3.63, 3.8) is 0 Å². The highest BCUT2D eigenvalue weighted by molar-refractivity contribution is 7.71. The zero-order valence-corrected chi connectivity index (χ0v) is 17.3. The van der Waals surface area contributed by atoms with E-state index in [1.165, 1.54) is 0 Å². The van der Waals surface area contributed by atoms with E-state index in [1.54, 1.807) is 17.9 Å². The number of para-hydroxylation sites is 1. The molecule has 1 aromatic heterocycles. The molecule has 1 heterocycles. The van der Waals surface area contributed by atoms with E-state index in [4.69, 9.17) is 21.7 Å². The lowest BCUT2D eigenvalue weighted by Crippen LogP contribution is -2.21. The van der Waals surface area contributed by atoms with Crippen molar-refractivity contribution in [3.05, 3.63) is 64.2 Å². The first-order valence-electron chi connectivity index (χ1n) is 9.01. The number of amides is 1. The van der Waals surface area contributed by atoms with Crippen molar-refractivity contribution in [1.29, 1.82) is 0 Å². The maximum absolute atomic E-state index is 12.3. The SMILES string of the molecule is COc1cccc(CNn2c(C)n[nH]c2=S)c1OCC(=O)Nc1ccc(C)cc1. The van der Waals surface area contributed by atoms with Gasteiger partial charge in [-0.05, 0) is 44.3 Å². The van der Waals surface area contributed by atoms with Gasteiger partial charge in [0.2, 0.25) is 4.77 Å². The number of hydrogen-bond donors (Lipinski definition) is 3. The molecule has 3 N–H and O–H groups in total. The average molecular weight is 414 g/mol. The maximum Gasteiger partial charge on any atom is 0.262 e. The predicted molar refractivity (Wildman–Crippen MR) is 114 cm³/mol. The number of nitrogens with zero attached hydrogens (tertiary/aromatic N) is 2. The smallest absolute Gasteiger partial charge is 0.262 e. The zero-order valence-electron chi connectivity index (χ0n) is 16.5. The number of carbonyl (C=O) groups is 1. The Morgan fingerprint density at radius 2 is 1.97 bits per heavy atom. The second kappa shape index (κ2) is 9.24. The molecule has 0 aliphatic heterocycles. The van der Waals surface area contributed by atoms with E-state index in [2.05, 4.69) is 20.9 Å². The number of benzene rings is 2. The van der Waals surface area contributed by atoms with Gasteiger partial charge in [0.1, 0.15) is 5.82 Å². The van der Waals surface area contributed by atoms with E-state index >= 15 is 0 Å². The number of nitrogens with one attached hydrogen (secondary N) is 3. The molecule has 8 nitrogen and oxygen atoms in total. The molecule has 0 fully saturated rings. The largest absolute Gasteiger partial charge is 0.493 e. The van der Waals surface area contributed by atoms with Gasteiger partial charge in [0.05, 0.1) is 13.7 Å².